The van der Waals surface area contributed by atoms with Gasteiger partial charge in [-0.25, -0.2) is 0 Å². The van der Waals surface area contributed by atoms with Gasteiger partial charge in [-0.15, -0.1) is 0 Å². The SMILES string of the molecule is COc1cc(C(C)=O)ccc1O[C@@H](C)C(=O)Nc1c(C)cccc1C. The molecule has 2 aromatic carbocycles. The Balaban J connectivity index is 2.15. The molecule has 2 rings (SSSR count). The number of carbonyl (C=O) groups excluding carboxylic acids is 2. The molecule has 0 saturated heterocycles. The van der Waals surface area contributed by atoms with Crippen LogP contribution in [0, 0.1) is 13.8 Å². The van der Waals surface area contributed by atoms with Gasteiger partial charge in [0.2, 0.25) is 0 Å². The lowest BCUT2D eigenvalue weighted by Crippen LogP contribution is -2.30. The van der Waals surface area contributed by atoms with Crippen molar-refractivity contribution in [1.29, 1.82) is 0 Å². The van der Waals surface area contributed by atoms with Gasteiger partial charge in [0.1, 0.15) is 0 Å². The fourth-order valence-corrected chi connectivity index (χ4v) is 2.46. The lowest BCUT2D eigenvalue weighted by molar-refractivity contribution is -0.122. The lowest BCUT2D eigenvalue weighted by atomic mass is 10.1. The van der Waals surface area contributed by atoms with E-state index in [4.69, 9.17) is 9.47 Å². The van der Waals surface area contributed by atoms with Crippen LogP contribution in [0.5, 0.6) is 11.5 Å². The highest BCUT2D eigenvalue weighted by Crippen LogP contribution is 2.29. The molecule has 132 valence electrons. The summed E-state index contributed by atoms with van der Waals surface area (Å²) in [5, 5.41) is 2.91. The van der Waals surface area contributed by atoms with Gasteiger partial charge in [-0.3, -0.25) is 9.59 Å². The number of para-hydroxylation sites is 1. The number of rotatable bonds is 6. The van der Waals surface area contributed by atoms with Crippen LogP contribution in [0.25, 0.3) is 0 Å². The van der Waals surface area contributed by atoms with Crippen LogP contribution in [-0.4, -0.2) is 24.9 Å². The summed E-state index contributed by atoms with van der Waals surface area (Å²) in [4.78, 5) is 23.9. The van der Waals surface area contributed by atoms with Crippen molar-refractivity contribution >= 4 is 17.4 Å². The number of nitrogens with one attached hydrogen (secondary N) is 1. The van der Waals surface area contributed by atoms with Gasteiger partial charge in [-0.2, -0.15) is 0 Å². The van der Waals surface area contributed by atoms with Crippen LogP contribution >= 0.6 is 0 Å². The summed E-state index contributed by atoms with van der Waals surface area (Å²) < 4.78 is 11.0. The third kappa shape index (κ3) is 4.38. The predicted molar refractivity (Wildman–Crippen MR) is 97.6 cm³/mol. The quantitative estimate of drug-likeness (QED) is 0.809. The maximum Gasteiger partial charge on any atom is 0.265 e. The Labute approximate surface area is 148 Å². The summed E-state index contributed by atoms with van der Waals surface area (Å²) in [5.41, 5.74) is 3.30. The van der Waals surface area contributed by atoms with Crippen molar-refractivity contribution in [3.05, 3.63) is 53.1 Å². The summed E-state index contributed by atoms with van der Waals surface area (Å²) in [6.07, 6.45) is -0.726. The average molecular weight is 341 g/mol. The number of hydrogen-bond acceptors (Lipinski definition) is 4. The minimum atomic E-state index is -0.726. The van der Waals surface area contributed by atoms with E-state index in [1.165, 1.54) is 14.0 Å². The standard InChI is InChI=1S/C20H23NO4/c1-12-7-6-8-13(2)19(12)21-20(23)15(4)25-17-10-9-16(14(3)22)11-18(17)24-5/h6-11,15H,1-5H3,(H,21,23)/t15-/m0/s1. The summed E-state index contributed by atoms with van der Waals surface area (Å²) >= 11 is 0. The second-order valence-electron chi connectivity index (χ2n) is 5.94. The topological polar surface area (TPSA) is 64.6 Å². The van der Waals surface area contributed by atoms with Crippen LogP contribution in [0.1, 0.15) is 35.3 Å². The molecular formula is C20H23NO4. The monoisotopic (exact) mass is 341 g/mol. The average Bonchev–Trinajstić information content (AvgIpc) is 2.58. The molecule has 5 heteroatoms. The van der Waals surface area contributed by atoms with Crippen LogP contribution in [0.15, 0.2) is 36.4 Å². The van der Waals surface area contributed by atoms with Gasteiger partial charge >= 0.3 is 0 Å². The third-order valence-corrected chi connectivity index (χ3v) is 3.97. The molecule has 1 N–H and O–H groups in total. The maximum absolute atomic E-state index is 12.5. The zero-order valence-corrected chi connectivity index (χ0v) is 15.2. The van der Waals surface area contributed by atoms with Crippen molar-refractivity contribution in [2.75, 3.05) is 12.4 Å². The highest BCUT2D eigenvalue weighted by Gasteiger charge is 2.19. The first-order chi connectivity index (χ1) is 11.8. The van der Waals surface area contributed by atoms with Gasteiger partial charge in [0, 0.05) is 11.3 Å². The Bertz CT molecular complexity index is 778. The number of benzene rings is 2. The van der Waals surface area contributed by atoms with E-state index < -0.39 is 6.10 Å². The number of ether oxygens (including phenoxy) is 2. The molecular weight excluding hydrogens is 318 g/mol. The predicted octanol–water partition coefficient (Wildman–Crippen LogP) is 3.92. The first-order valence-electron chi connectivity index (χ1n) is 8.06. The fraction of sp³-hybridized carbons (Fsp3) is 0.300. The van der Waals surface area contributed by atoms with Crippen molar-refractivity contribution in [3.8, 4) is 11.5 Å². The van der Waals surface area contributed by atoms with E-state index >= 15 is 0 Å². The molecule has 25 heavy (non-hydrogen) atoms. The molecule has 0 saturated carbocycles. The zero-order chi connectivity index (χ0) is 18.6. The maximum atomic E-state index is 12.5. The Morgan fingerprint density at radius 3 is 2.24 bits per heavy atom. The Morgan fingerprint density at radius 1 is 1.04 bits per heavy atom. The van der Waals surface area contributed by atoms with Crippen LogP contribution in [0.3, 0.4) is 0 Å². The number of methoxy groups -OCH3 is 1. The third-order valence-electron chi connectivity index (χ3n) is 3.97. The Hall–Kier alpha value is -2.82. The van der Waals surface area contributed by atoms with Crippen molar-refractivity contribution in [1.82, 2.24) is 0 Å². The summed E-state index contributed by atoms with van der Waals surface area (Å²) in [7, 11) is 1.49. The van der Waals surface area contributed by atoms with Crippen LogP contribution < -0.4 is 14.8 Å². The number of aryl methyl sites for hydroxylation is 2. The van der Waals surface area contributed by atoms with E-state index in [0.717, 1.165) is 16.8 Å². The fourth-order valence-electron chi connectivity index (χ4n) is 2.46. The van der Waals surface area contributed by atoms with E-state index in [1.54, 1.807) is 25.1 Å². The van der Waals surface area contributed by atoms with Crippen LogP contribution in [0.2, 0.25) is 0 Å². The summed E-state index contributed by atoms with van der Waals surface area (Å²) in [5.74, 6) is 0.511. The van der Waals surface area contributed by atoms with Crippen molar-refractivity contribution in [2.24, 2.45) is 0 Å². The molecule has 0 aliphatic carbocycles. The van der Waals surface area contributed by atoms with Gasteiger partial charge in [-0.05, 0) is 57.0 Å². The number of anilines is 1. The van der Waals surface area contributed by atoms with E-state index in [-0.39, 0.29) is 11.7 Å². The van der Waals surface area contributed by atoms with Crippen molar-refractivity contribution in [3.63, 3.8) is 0 Å². The van der Waals surface area contributed by atoms with Gasteiger partial charge in [-0.1, -0.05) is 18.2 Å². The smallest absolute Gasteiger partial charge is 0.265 e. The number of amides is 1. The van der Waals surface area contributed by atoms with E-state index in [0.29, 0.717) is 17.1 Å². The van der Waals surface area contributed by atoms with E-state index in [9.17, 15) is 9.59 Å². The summed E-state index contributed by atoms with van der Waals surface area (Å²) in [6, 6.07) is 10.7. The number of hydrogen-bond donors (Lipinski definition) is 1. The molecule has 1 amide bonds. The van der Waals surface area contributed by atoms with Gasteiger partial charge in [0.05, 0.1) is 7.11 Å². The number of Topliss-reactive ketones (excluding diaryl/α,β-unsaturated/α-hetero) is 1. The second kappa shape index (κ2) is 7.83. The first-order valence-corrected chi connectivity index (χ1v) is 8.06. The molecule has 0 radical (unpaired) electrons. The normalized spacial score (nSPS) is 11.6. The highest BCUT2D eigenvalue weighted by atomic mass is 16.5. The molecule has 1 atom stereocenters. The second-order valence-corrected chi connectivity index (χ2v) is 5.94. The van der Waals surface area contributed by atoms with Gasteiger partial charge in [0.25, 0.3) is 5.91 Å². The minimum absolute atomic E-state index is 0.0642. The molecule has 0 unspecified atom stereocenters. The lowest BCUT2D eigenvalue weighted by Gasteiger charge is -2.18. The number of carbonyl (C=O) groups is 2. The Morgan fingerprint density at radius 2 is 1.68 bits per heavy atom. The molecule has 0 aliphatic rings. The van der Waals surface area contributed by atoms with Crippen LogP contribution in [0.4, 0.5) is 5.69 Å². The molecule has 5 nitrogen and oxygen atoms in total. The van der Waals surface area contributed by atoms with Gasteiger partial charge < -0.3 is 14.8 Å². The Kier molecular flexibility index (Phi) is 5.80. The molecule has 0 spiro atoms. The van der Waals surface area contributed by atoms with Crippen molar-refractivity contribution in [2.45, 2.75) is 33.8 Å². The van der Waals surface area contributed by atoms with E-state index in [1.807, 2.05) is 32.0 Å². The van der Waals surface area contributed by atoms with Crippen LogP contribution in [-0.2, 0) is 4.79 Å². The molecule has 0 fully saturated rings. The molecule has 0 bridgehead atoms. The molecule has 0 aromatic heterocycles. The summed E-state index contributed by atoms with van der Waals surface area (Å²) in [6.45, 7) is 7.03. The zero-order valence-electron chi connectivity index (χ0n) is 15.2. The largest absolute Gasteiger partial charge is 0.493 e. The van der Waals surface area contributed by atoms with Crippen molar-refractivity contribution < 1.29 is 19.1 Å². The number of ketones is 1. The van der Waals surface area contributed by atoms with E-state index in [2.05, 4.69) is 5.32 Å². The first kappa shape index (κ1) is 18.5. The molecule has 0 aliphatic heterocycles. The molecule has 2 aromatic rings. The minimum Gasteiger partial charge on any atom is -0.493 e. The molecule has 0 heterocycles. The van der Waals surface area contributed by atoms with Gasteiger partial charge in [0.15, 0.2) is 23.4 Å². The highest BCUT2D eigenvalue weighted by molar-refractivity contribution is 5.96.